The molecule has 0 fully saturated rings. The van der Waals surface area contributed by atoms with Gasteiger partial charge in [-0.2, -0.15) is 0 Å². The van der Waals surface area contributed by atoms with Gasteiger partial charge in [-0.25, -0.2) is 0 Å². The normalized spacial score (nSPS) is 10.7. The molecule has 0 unspecified atom stereocenters. The van der Waals surface area contributed by atoms with Crippen molar-refractivity contribution in [3.8, 4) is 0 Å². The van der Waals surface area contributed by atoms with Crippen molar-refractivity contribution >= 4 is 5.69 Å². The van der Waals surface area contributed by atoms with Gasteiger partial charge in [0.1, 0.15) is 0 Å². The van der Waals surface area contributed by atoms with E-state index in [0.29, 0.717) is 0 Å². The predicted molar refractivity (Wildman–Crippen MR) is 66.2 cm³/mol. The fraction of sp³-hybridized carbons (Fsp3) is 0.500. The topological polar surface area (TPSA) is 27.3 Å². The second-order valence-corrected chi connectivity index (χ2v) is 3.93. The molecule has 3 heteroatoms. The van der Waals surface area contributed by atoms with Crippen molar-refractivity contribution in [1.29, 1.82) is 0 Å². The maximum Gasteiger partial charge on any atom is 0.0337 e. The van der Waals surface area contributed by atoms with E-state index in [1.165, 1.54) is 5.56 Å². The molecule has 0 bridgehead atoms. The zero-order valence-electron chi connectivity index (χ0n) is 9.88. The van der Waals surface area contributed by atoms with Crippen LogP contribution in [0.5, 0.6) is 0 Å². The molecule has 0 spiro atoms. The highest BCUT2D eigenvalue weighted by Crippen LogP contribution is 2.07. The van der Waals surface area contributed by atoms with Gasteiger partial charge in [-0.05, 0) is 31.8 Å². The average molecular weight is 207 g/mol. The second-order valence-electron chi connectivity index (χ2n) is 3.93. The largest absolute Gasteiger partial charge is 0.388 e. The van der Waals surface area contributed by atoms with Crippen LogP contribution in [0.4, 0.5) is 5.69 Å². The summed E-state index contributed by atoms with van der Waals surface area (Å²) in [5.41, 5.74) is 2.49. The lowest BCUT2D eigenvalue weighted by atomic mass is 10.2. The molecule has 1 aromatic rings. The number of nitrogens with one attached hydrogen (secondary N) is 2. The first-order valence-electron chi connectivity index (χ1n) is 5.34. The zero-order valence-corrected chi connectivity index (χ0v) is 9.88. The molecular formula is C12H21N3. The second kappa shape index (κ2) is 6.43. The van der Waals surface area contributed by atoms with Gasteiger partial charge in [-0.3, -0.25) is 0 Å². The van der Waals surface area contributed by atoms with E-state index >= 15 is 0 Å². The van der Waals surface area contributed by atoms with Gasteiger partial charge in [0.05, 0.1) is 0 Å². The van der Waals surface area contributed by atoms with Crippen molar-refractivity contribution in [2.75, 3.05) is 39.5 Å². The number of hydrogen-bond acceptors (Lipinski definition) is 3. The van der Waals surface area contributed by atoms with Crippen LogP contribution >= 0.6 is 0 Å². The number of nitrogens with zero attached hydrogens (tertiary/aromatic N) is 1. The van der Waals surface area contributed by atoms with Gasteiger partial charge in [-0.15, -0.1) is 0 Å². The van der Waals surface area contributed by atoms with Crippen molar-refractivity contribution in [3.63, 3.8) is 0 Å². The minimum atomic E-state index is 0.942. The number of anilines is 1. The van der Waals surface area contributed by atoms with Crippen molar-refractivity contribution in [2.45, 2.75) is 6.54 Å². The van der Waals surface area contributed by atoms with E-state index < -0.39 is 0 Å². The van der Waals surface area contributed by atoms with Crippen molar-refractivity contribution in [2.24, 2.45) is 0 Å². The predicted octanol–water partition coefficient (Wildman–Crippen LogP) is 1.38. The lowest BCUT2D eigenvalue weighted by Gasteiger charge is -2.10. The Balaban J connectivity index is 2.25. The van der Waals surface area contributed by atoms with Crippen LogP contribution in [0, 0.1) is 0 Å². The molecule has 3 nitrogen and oxygen atoms in total. The molecule has 0 aliphatic rings. The third-order valence-electron chi connectivity index (χ3n) is 2.31. The summed E-state index contributed by atoms with van der Waals surface area (Å²) in [5, 5.41) is 6.52. The van der Waals surface area contributed by atoms with Gasteiger partial charge < -0.3 is 15.5 Å². The molecule has 0 saturated carbocycles. The molecule has 15 heavy (non-hydrogen) atoms. The van der Waals surface area contributed by atoms with Crippen LogP contribution in [0.2, 0.25) is 0 Å². The minimum absolute atomic E-state index is 0.942. The molecule has 0 saturated heterocycles. The molecule has 84 valence electrons. The summed E-state index contributed by atoms with van der Waals surface area (Å²) >= 11 is 0. The molecule has 2 N–H and O–H groups in total. The van der Waals surface area contributed by atoms with Gasteiger partial charge >= 0.3 is 0 Å². The summed E-state index contributed by atoms with van der Waals surface area (Å²) < 4.78 is 0. The molecule has 0 aliphatic carbocycles. The fourth-order valence-electron chi connectivity index (χ4n) is 1.32. The highest BCUT2D eigenvalue weighted by atomic mass is 15.1. The van der Waals surface area contributed by atoms with E-state index in [-0.39, 0.29) is 0 Å². The number of likely N-dealkylation sites (N-methyl/N-ethyl adjacent to an activating group) is 1. The summed E-state index contributed by atoms with van der Waals surface area (Å²) in [7, 11) is 6.11. The Bertz CT molecular complexity index is 267. The van der Waals surface area contributed by atoms with E-state index in [9.17, 15) is 0 Å². The summed E-state index contributed by atoms with van der Waals surface area (Å²) in [6.45, 7) is 3.05. The summed E-state index contributed by atoms with van der Waals surface area (Å²) in [4.78, 5) is 2.18. The summed E-state index contributed by atoms with van der Waals surface area (Å²) in [6, 6.07) is 8.49. The van der Waals surface area contributed by atoms with Crippen LogP contribution in [0.1, 0.15) is 5.56 Å². The Morgan fingerprint density at radius 2 is 1.80 bits per heavy atom. The van der Waals surface area contributed by atoms with Crippen LogP contribution in [-0.4, -0.2) is 39.1 Å². The van der Waals surface area contributed by atoms with E-state index in [0.717, 1.165) is 25.3 Å². The number of benzene rings is 1. The lowest BCUT2D eigenvalue weighted by Crippen LogP contribution is -2.26. The quantitative estimate of drug-likeness (QED) is 0.690. The van der Waals surface area contributed by atoms with Gasteiger partial charge in [0.15, 0.2) is 0 Å². The smallest absolute Gasteiger partial charge is 0.0337 e. The third kappa shape index (κ3) is 4.81. The van der Waals surface area contributed by atoms with Gasteiger partial charge in [-0.1, -0.05) is 12.1 Å². The van der Waals surface area contributed by atoms with Crippen molar-refractivity contribution in [3.05, 3.63) is 29.8 Å². The molecule has 0 aromatic heterocycles. The Kier molecular flexibility index (Phi) is 5.15. The number of rotatable bonds is 6. The summed E-state index contributed by atoms with van der Waals surface area (Å²) in [5.74, 6) is 0. The molecule has 0 atom stereocenters. The van der Waals surface area contributed by atoms with E-state index in [2.05, 4.69) is 53.9 Å². The van der Waals surface area contributed by atoms with Crippen molar-refractivity contribution < 1.29 is 0 Å². The number of hydrogen-bond donors (Lipinski definition) is 2. The first-order chi connectivity index (χ1) is 7.22. The van der Waals surface area contributed by atoms with Crippen LogP contribution in [0.3, 0.4) is 0 Å². The fourth-order valence-corrected chi connectivity index (χ4v) is 1.32. The van der Waals surface area contributed by atoms with Crippen molar-refractivity contribution in [1.82, 2.24) is 10.2 Å². The van der Waals surface area contributed by atoms with E-state index in [1.807, 2.05) is 7.05 Å². The molecule has 1 aromatic carbocycles. The van der Waals surface area contributed by atoms with Crippen LogP contribution in [0.15, 0.2) is 24.3 Å². The Labute approximate surface area is 92.5 Å². The SMILES string of the molecule is CNc1ccc(CNCCN(C)C)cc1. The van der Waals surface area contributed by atoms with E-state index in [4.69, 9.17) is 0 Å². The first-order valence-corrected chi connectivity index (χ1v) is 5.34. The maximum absolute atomic E-state index is 3.41. The highest BCUT2D eigenvalue weighted by molar-refractivity contribution is 5.43. The molecule has 1 rings (SSSR count). The molecule has 0 aliphatic heterocycles. The minimum Gasteiger partial charge on any atom is -0.388 e. The maximum atomic E-state index is 3.41. The van der Waals surface area contributed by atoms with Crippen LogP contribution in [-0.2, 0) is 6.54 Å². The third-order valence-corrected chi connectivity index (χ3v) is 2.31. The first kappa shape index (κ1) is 12.0. The highest BCUT2D eigenvalue weighted by Gasteiger charge is 1.93. The molecule has 0 amide bonds. The zero-order chi connectivity index (χ0) is 11.1. The Morgan fingerprint density at radius 1 is 1.13 bits per heavy atom. The van der Waals surface area contributed by atoms with Gasteiger partial charge in [0.25, 0.3) is 0 Å². The summed E-state index contributed by atoms with van der Waals surface area (Å²) in [6.07, 6.45) is 0. The van der Waals surface area contributed by atoms with E-state index in [1.54, 1.807) is 0 Å². The van der Waals surface area contributed by atoms with Gasteiger partial charge in [0.2, 0.25) is 0 Å². The Hall–Kier alpha value is -1.06. The Morgan fingerprint density at radius 3 is 2.33 bits per heavy atom. The van der Waals surface area contributed by atoms with Crippen LogP contribution < -0.4 is 10.6 Å². The lowest BCUT2D eigenvalue weighted by molar-refractivity contribution is 0.400. The molecule has 0 heterocycles. The van der Waals surface area contributed by atoms with Gasteiger partial charge in [0, 0.05) is 32.4 Å². The average Bonchev–Trinajstić information content (AvgIpc) is 2.25. The monoisotopic (exact) mass is 207 g/mol. The standard InChI is InChI=1S/C12H21N3/c1-13-12-6-4-11(5-7-12)10-14-8-9-15(2)3/h4-7,13-14H,8-10H2,1-3H3. The van der Waals surface area contributed by atoms with Crippen LogP contribution in [0.25, 0.3) is 0 Å². The molecule has 0 radical (unpaired) electrons. The molecular weight excluding hydrogens is 186 g/mol.